The Bertz CT molecular complexity index is 169. The normalized spacial score (nSPS) is 22.5. The third-order valence-electron chi connectivity index (χ3n) is 2.91. The van der Waals surface area contributed by atoms with Crippen LogP contribution in [-0.4, -0.2) is 70.6 Å². The van der Waals surface area contributed by atoms with E-state index in [0.29, 0.717) is 19.3 Å². The maximum absolute atomic E-state index is 5.73. The van der Waals surface area contributed by atoms with E-state index in [4.69, 9.17) is 15.2 Å². The Morgan fingerprint density at radius 3 is 3.00 bits per heavy atom. The molecule has 1 heterocycles. The third-order valence-corrected chi connectivity index (χ3v) is 2.91. The van der Waals surface area contributed by atoms with Gasteiger partial charge in [-0.1, -0.05) is 0 Å². The molecule has 1 unspecified atom stereocenters. The van der Waals surface area contributed by atoms with Gasteiger partial charge in [0.15, 0.2) is 0 Å². The molecule has 0 saturated carbocycles. The number of nitrogens with zero attached hydrogens (tertiary/aromatic N) is 1. The molecule has 96 valence electrons. The zero-order valence-electron chi connectivity index (χ0n) is 10.3. The van der Waals surface area contributed by atoms with Crippen LogP contribution in [0.15, 0.2) is 0 Å². The predicted octanol–water partition coefficient (Wildman–Crippen LogP) is -0.728. The number of piperazine rings is 1. The van der Waals surface area contributed by atoms with Crippen molar-refractivity contribution in [2.75, 3.05) is 59.7 Å². The largest absolute Gasteiger partial charge is 0.382 e. The standard InChI is InChI=1S/C11H25N3O2/c1-15-7-8-16-6-2-4-14-5-3-13-10-11(14)9-12/h11,13H,2-10,12H2,1H3. The fourth-order valence-electron chi connectivity index (χ4n) is 1.94. The molecule has 5 heteroatoms. The molecule has 1 fully saturated rings. The van der Waals surface area contributed by atoms with E-state index in [1.165, 1.54) is 0 Å². The summed E-state index contributed by atoms with van der Waals surface area (Å²) in [5, 5.41) is 3.36. The van der Waals surface area contributed by atoms with E-state index in [1.54, 1.807) is 7.11 Å². The quantitative estimate of drug-likeness (QED) is 0.540. The highest BCUT2D eigenvalue weighted by atomic mass is 16.5. The van der Waals surface area contributed by atoms with Crippen LogP contribution in [-0.2, 0) is 9.47 Å². The second kappa shape index (κ2) is 8.90. The number of nitrogens with two attached hydrogens (primary N) is 1. The van der Waals surface area contributed by atoms with E-state index in [2.05, 4.69) is 10.2 Å². The van der Waals surface area contributed by atoms with Crippen molar-refractivity contribution in [3.05, 3.63) is 0 Å². The molecular formula is C11H25N3O2. The minimum atomic E-state index is 0.493. The van der Waals surface area contributed by atoms with E-state index in [-0.39, 0.29) is 0 Å². The first-order valence-corrected chi connectivity index (χ1v) is 6.10. The summed E-state index contributed by atoms with van der Waals surface area (Å²) in [4.78, 5) is 2.45. The van der Waals surface area contributed by atoms with Gasteiger partial charge in [0.05, 0.1) is 13.2 Å². The van der Waals surface area contributed by atoms with Gasteiger partial charge in [0, 0.05) is 52.5 Å². The molecule has 0 amide bonds. The zero-order valence-corrected chi connectivity index (χ0v) is 10.3. The molecule has 1 aliphatic rings. The Morgan fingerprint density at radius 2 is 2.25 bits per heavy atom. The first kappa shape index (κ1) is 13.9. The van der Waals surface area contributed by atoms with E-state index in [0.717, 1.165) is 45.8 Å². The Hall–Kier alpha value is -0.200. The molecule has 0 bridgehead atoms. The summed E-state index contributed by atoms with van der Waals surface area (Å²) in [6, 6.07) is 0.493. The van der Waals surface area contributed by atoms with Crippen LogP contribution in [0.2, 0.25) is 0 Å². The summed E-state index contributed by atoms with van der Waals surface area (Å²) in [6.45, 7) is 7.18. The van der Waals surface area contributed by atoms with Gasteiger partial charge >= 0.3 is 0 Å². The van der Waals surface area contributed by atoms with Crippen molar-refractivity contribution < 1.29 is 9.47 Å². The topological polar surface area (TPSA) is 59.8 Å². The Morgan fingerprint density at radius 1 is 1.38 bits per heavy atom. The first-order valence-electron chi connectivity index (χ1n) is 6.10. The van der Waals surface area contributed by atoms with E-state index >= 15 is 0 Å². The molecule has 0 aromatic rings. The average molecular weight is 231 g/mol. The molecule has 1 saturated heterocycles. The Labute approximate surface area is 98.3 Å². The highest BCUT2D eigenvalue weighted by Gasteiger charge is 2.19. The minimum absolute atomic E-state index is 0.493. The van der Waals surface area contributed by atoms with Gasteiger partial charge in [-0.05, 0) is 6.42 Å². The van der Waals surface area contributed by atoms with Crippen LogP contribution >= 0.6 is 0 Å². The fourth-order valence-corrected chi connectivity index (χ4v) is 1.94. The summed E-state index contributed by atoms with van der Waals surface area (Å²) in [5.41, 5.74) is 5.73. The van der Waals surface area contributed by atoms with Crippen molar-refractivity contribution >= 4 is 0 Å². The van der Waals surface area contributed by atoms with Gasteiger partial charge in [0.25, 0.3) is 0 Å². The zero-order chi connectivity index (χ0) is 11.6. The molecule has 0 spiro atoms. The van der Waals surface area contributed by atoms with Crippen molar-refractivity contribution in [2.24, 2.45) is 5.73 Å². The highest BCUT2D eigenvalue weighted by Crippen LogP contribution is 2.02. The molecule has 1 atom stereocenters. The van der Waals surface area contributed by atoms with Crippen molar-refractivity contribution in [2.45, 2.75) is 12.5 Å². The second-order valence-corrected chi connectivity index (χ2v) is 4.09. The number of hydrogen-bond donors (Lipinski definition) is 2. The average Bonchev–Trinajstić information content (AvgIpc) is 2.34. The van der Waals surface area contributed by atoms with E-state index in [1.807, 2.05) is 0 Å². The first-order chi connectivity index (χ1) is 7.88. The van der Waals surface area contributed by atoms with Crippen LogP contribution in [0, 0.1) is 0 Å². The number of methoxy groups -OCH3 is 1. The molecule has 0 radical (unpaired) electrons. The third kappa shape index (κ3) is 5.23. The monoisotopic (exact) mass is 231 g/mol. The lowest BCUT2D eigenvalue weighted by Gasteiger charge is -2.35. The number of ether oxygens (including phenoxy) is 2. The number of hydrogen-bond acceptors (Lipinski definition) is 5. The Balaban J connectivity index is 2.02. The molecule has 1 rings (SSSR count). The fraction of sp³-hybridized carbons (Fsp3) is 1.00. The number of nitrogens with one attached hydrogen (secondary N) is 1. The van der Waals surface area contributed by atoms with Gasteiger partial charge in [0.1, 0.15) is 0 Å². The molecule has 16 heavy (non-hydrogen) atoms. The van der Waals surface area contributed by atoms with Crippen molar-refractivity contribution in [3.8, 4) is 0 Å². The lowest BCUT2D eigenvalue weighted by molar-refractivity contribution is 0.0611. The maximum atomic E-state index is 5.73. The predicted molar refractivity (Wildman–Crippen MR) is 64.6 cm³/mol. The summed E-state index contributed by atoms with van der Waals surface area (Å²) >= 11 is 0. The smallest absolute Gasteiger partial charge is 0.0700 e. The van der Waals surface area contributed by atoms with Crippen LogP contribution in [0.25, 0.3) is 0 Å². The lowest BCUT2D eigenvalue weighted by atomic mass is 10.2. The minimum Gasteiger partial charge on any atom is -0.382 e. The van der Waals surface area contributed by atoms with Gasteiger partial charge in [-0.15, -0.1) is 0 Å². The van der Waals surface area contributed by atoms with Gasteiger partial charge in [-0.2, -0.15) is 0 Å². The highest BCUT2D eigenvalue weighted by molar-refractivity contribution is 4.80. The molecule has 3 N–H and O–H groups in total. The summed E-state index contributed by atoms with van der Waals surface area (Å²) in [6.07, 6.45) is 1.07. The number of rotatable bonds is 8. The molecular weight excluding hydrogens is 206 g/mol. The van der Waals surface area contributed by atoms with Crippen LogP contribution in [0.3, 0.4) is 0 Å². The second-order valence-electron chi connectivity index (χ2n) is 4.09. The van der Waals surface area contributed by atoms with Gasteiger partial charge in [-0.3, -0.25) is 4.90 Å². The molecule has 0 aromatic carbocycles. The van der Waals surface area contributed by atoms with Crippen LogP contribution in [0.5, 0.6) is 0 Å². The molecule has 5 nitrogen and oxygen atoms in total. The van der Waals surface area contributed by atoms with Crippen LogP contribution < -0.4 is 11.1 Å². The SMILES string of the molecule is COCCOCCCN1CCNCC1CN. The summed E-state index contributed by atoms with van der Waals surface area (Å²) in [5.74, 6) is 0. The van der Waals surface area contributed by atoms with Crippen molar-refractivity contribution in [1.82, 2.24) is 10.2 Å². The summed E-state index contributed by atoms with van der Waals surface area (Å²) < 4.78 is 10.3. The van der Waals surface area contributed by atoms with Gasteiger partial charge in [0.2, 0.25) is 0 Å². The summed E-state index contributed by atoms with van der Waals surface area (Å²) in [7, 11) is 1.69. The lowest BCUT2D eigenvalue weighted by Crippen LogP contribution is -2.54. The van der Waals surface area contributed by atoms with Crippen molar-refractivity contribution in [1.29, 1.82) is 0 Å². The molecule has 0 aliphatic carbocycles. The van der Waals surface area contributed by atoms with Crippen LogP contribution in [0.1, 0.15) is 6.42 Å². The van der Waals surface area contributed by atoms with Crippen LogP contribution in [0.4, 0.5) is 0 Å². The van der Waals surface area contributed by atoms with E-state index < -0.39 is 0 Å². The maximum Gasteiger partial charge on any atom is 0.0700 e. The Kier molecular flexibility index (Phi) is 7.71. The molecule has 0 aromatic heterocycles. The van der Waals surface area contributed by atoms with Gasteiger partial charge < -0.3 is 20.5 Å². The van der Waals surface area contributed by atoms with Gasteiger partial charge in [-0.25, -0.2) is 0 Å². The van der Waals surface area contributed by atoms with E-state index in [9.17, 15) is 0 Å². The van der Waals surface area contributed by atoms with Crippen molar-refractivity contribution in [3.63, 3.8) is 0 Å². The molecule has 1 aliphatic heterocycles.